The number of aryl methyl sites for hydroxylation is 1. The van der Waals surface area contributed by atoms with Crippen LogP contribution in [0.5, 0.6) is 0 Å². The molecular formula is C15H18N4O5. The van der Waals surface area contributed by atoms with Crippen LogP contribution in [0.2, 0.25) is 0 Å². The highest BCUT2D eigenvalue weighted by atomic mass is 16.5. The van der Waals surface area contributed by atoms with Crippen molar-refractivity contribution in [2.24, 2.45) is 0 Å². The molecule has 5 N–H and O–H groups in total. The van der Waals surface area contributed by atoms with E-state index in [4.69, 9.17) is 4.74 Å². The highest BCUT2D eigenvalue weighted by Gasteiger charge is 2.31. The number of anilines is 1. The number of fused-ring (bicyclic) bond motifs is 1. The highest BCUT2D eigenvalue weighted by Crippen LogP contribution is 2.28. The first-order valence-corrected chi connectivity index (χ1v) is 7.42. The van der Waals surface area contributed by atoms with Gasteiger partial charge in [0.15, 0.2) is 6.35 Å². The smallest absolute Gasteiger partial charge is 0.339 e. The van der Waals surface area contributed by atoms with Crippen molar-refractivity contribution in [3.05, 3.63) is 40.0 Å². The molecule has 1 aromatic heterocycles. The lowest BCUT2D eigenvalue weighted by Gasteiger charge is -2.35. The number of H-pyrrole nitrogens is 2. The molecule has 24 heavy (non-hydrogen) atoms. The topological polar surface area (TPSA) is 131 Å². The van der Waals surface area contributed by atoms with E-state index in [0.717, 1.165) is 5.56 Å². The van der Waals surface area contributed by atoms with E-state index in [1.165, 1.54) is 11.1 Å². The molecule has 2 aromatic rings. The number of aliphatic hydroxyl groups is 2. The van der Waals surface area contributed by atoms with E-state index in [2.05, 4.69) is 15.3 Å². The Morgan fingerprint density at radius 2 is 1.96 bits per heavy atom. The van der Waals surface area contributed by atoms with E-state index in [0.29, 0.717) is 16.7 Å². The van der Waals surface area contributed by atoms with Gasteiger partial charge in [0, 0.05) is 11.9 Å². The molecule has 0 saturated heterocycles. The first-order chi connectivity index (χ1) is 11.4. The standard InChI is InChI=1S/C15H18N4O5/c1-3-24-13(21)8-6-19(15(23)18-12(8)20)11-5-10-9(4-7(11)2)16-14(22)17-10/h4-6,12,15,18,20,23H,3H2,1-2H3,(H2,16,17,22). The van der Waals surface area contributed by atoms with Crippen LogP contribution in [-0.2, 0) is 9.53 Å². The third-order valence-corrected chi connectivity index (χ3v) is 3.76. The Kier molecular flexibility index (Phi) is 4.14. The van der Waals surface area contributed by atoms with Crippen molar-refractivity contribution in [2.45, 2.75) is 26.4 Å². The van der Waals surface area contributed by atoms with Crippen LogP contribution < -0.4 is 15.9 Å². The van der Waals surface area contributed by atoms with Gasteiger partial charge in [-0.2, -0.15) is 0 Å². The maximum atomic E-state index is 11.9. The number of imidazole rings is 1. The van der Waals surface area contributed by atoms with Gasteiger partial charge in [0.2, 0.25) is 0 Å². The Bertz CT molecular complexity index is 868. The number of hydrogen-bond acceptors (Lipinski definition) is 7. The second-order valence-electron chi connectivity index (χ2n) is 5.42. The number of nitrogens with zero attached hydrogens (tertiary/aromatic N) is 1. The van der Waals surface area contributed by atoms with Crippen LogP contribution in [0.4, 0.5) is 5.69 Å². The SMILES string of the molecule is CCOC(=O)C1=CN(c2cc3[nH]c(=O)[nH]c3cc2C)C(O)NC1O. The van der Waals surface area contributed by atoms with Crippen molar-refractivity contribution < 1.29 is 19.7 Å². The zero-order valence-electron chi connectivity index (χ0n) is 13.2. The Hall–Kier alpha value is -2.62. The average Bonchev–Trinajstić information content (AvgIpc) is 2.86. The first-order valence-electron chi connectivity index (χ1n) is 7.42. The Balaban J connectivity index is 2.07. The molecule has 0 saturated carbocycles. The van der Waals surface area contributed by atoms with Crippen LogP contribution in [0, 0.1) is 6.92 Å². The molecule has 0 radical (unpaired) electrons. The zero-order valence-corrected chi connectivity index (χ0v) is 13.2. The number of aliphatic hydroxyl groups excluding tert-OH is 2. The van der Waals surface area contributed by atoms with Crippen molar-refractivity contribution in [3.63, 3.8) is 0 Å². The highest BCUT2D eigenvalue weighted by molar-refractivity contribution is 5.91. The number of hydrogen-bond donors (Lipinski definition) is 5. The second-order valence-corrected chi connectivity index (χ2v) is 5.42. The maximum Gasteiger partial charge on any atom is 0.339 e. The molecule has 2 atom stereocenters. The summed E-state index contributed by atoms with van der Waals surface area (Å²) in [6.07, 6.45) is -1.26. The molecule has 0 aliphatic carbocycles. The number of ether oxygens (including phenoxy) is 1. The fourth-order valence-corrected chi connectivity index (χ4v) is 2.64. The summed E-state index contributed by atoms with van der Waals surface area (Å²) in [7, 11) is 0. The van der Waals surface area contributed by atoms with Crippen LogP contribution in [0.3, 0.4) is 0 Å². The fourth-order valence-electron chi connectivity index (χ4n) is 2.64. The van der Waals surface area contributed by atoms with E-state index >= 15 is 0 Å². The molecule has 0 fully saturated rings. The molecule has 0 amide bonds. The third kappa shape index (κ3) is 2.80. The minimum absolute atomic E-state index is 0.0239. The Morgan fingerprint density at radius 1 is 1.29 bits per heavy atom. The lowest BCUT2D eigenvalue weighted by Crippen LogP contribution is -2.54. The molecule has 1 aliphatic heterocycles. The van der Waals surface area contributed by atoms with E-state index < -0.39 is 18.5 Å². The predicted octanol–water partition coefficient (Wildman–Crippen LogP) is -0.384. The molecule has 3 rings (SSSR count). The van der Waals surface area contributed by atoms with Gasteiger partial charge in [-0.1, -0.05) is 0 Å². The number of carbonyl (C=O) groups is 1. The quantitative estimate of drug-likeness (QED) is 0.483. The van der Waals surface area contributed by atoms with Gasteiger partial charge in [-0.25, -0.2) is 14.9 Å². The van der Waals surface area contributed by atoms with Crippen LogP contribution in [0.25, 0.3) is 11.0 Å². The summed E-state index contributed by atoms with van der Waals surface area (Å²) < 4.78 is 4.91. The first kappa shape index (κ1) is 16.2. The minimum atomic E-state index is -1.34. The molecule has 1 aromatic carbocycles. The van der Waals surface area contributed by atoms with Crippen molar-refractivity contribution in [3.8, 4) is 0 Å². The number of aromatic amines is 2. The summed E-state index contributed by atoms with van der Waals surface area (Å²) in [6.45, 7) is 3.63. The molecule has 128 valence electrons. The van der Waals surface area contributed by atoms with E-state index in [-0.39, 0.29) is 17.9 Å². The predicted molar refractivity (Wildman–Crippen MR) is 86.0 cm³/mol. The van der Waals surface area contributed by atoms with E-state index in [1.807, 2.05) is 0 Å². The van der Waals surface area contributed by atoms with Gasteiger partial charge >= 0.3 is 11.7 Å². The van der Waals surface area contributed by atoms with E-state index in [9.17, 15) is 19.8 Å². The van der Waals surface area contributed by atoms with Crippen molar-refractivity contribution in [1.82, 2.24) is 15.3 Å². The second kappa shape index (κ2) is 6.11. The molecule has 9 heteroatoms. The molecular weight excluding hydrogens is 316 g/mol. The van der Waals surface area contributed by atoms with Gasteiger partial charge < -0.3 is 29.8 Å². The molecule has 1 aliphatic rings. The number of carbonyl (C=O) groups excluding carboxylic acids is 1. The number of nitrogens with one attached hydrogen (secondary N) is 3. The van der Waals surface area contributed by atoms with Crippen molar-refractivity contribution in [1.29, 1.82) is 0 Å². The Morgan fingerprint density at radius 3 is 2.62 bits per heavy atom. The summed E-state index contributed by atoms with van der Waals surface area (Å²) in [5.41, 5.74) is 2.16. The summed E-state index contributed by atoms with van der Waals surface area (Å²) >= 11 is 0. The van der Waals surface area contributed by atoms with Gasteiger partial charge in [-0.3, -0.25) is 0 Å². The minimum Gasteiger partial charge on any atom is -0.462 e. The number of rotatable bonds is 3. The van der Waals surface area contributed by atoms with Crippen molar-refractivity contribution >= 4 is 22.7 Å². The van der Waals surface area contributed by atoms with Gasteiger partial charge in [0.05, 0.1) is 23.2 Å². The van der Waals surface area contributed by atoms with Gasteiger partial charge in [0.1, 0.15) is 6.23 Å². The monoisotopic (exact) mass is 334 g/mol. The fraction of sp³-hybridized carbons (Fsp3) is 0.333. The van der Waals surface area contributed by atoms with Crippen LogP contribution in [0.1, 0.15) is 12.5 Å². The summed E-state index contributed by atoms with van der Waals surface area (Å²) in [6, 6.07) is 3.42. The lowest BCUT2D eigenvalue weighted by atomic mass is 10.1. The van der Waals surface area contributed by atoms with Gasteiger partial charge in [-0.05, 0) is 31.5 Å². The number of benzene rings is 1. The average molecular weight is 334 g/mol. The molecule has 0 bridgehead atoms. The zero-order chi connectivity index (χ0) is 17.4. The maximum absolute atomic E-state index is 11.9. The number of aromatic nitrogens is 2. The molecule has 2 heterocycles. The normalized spacial score (nSPS) is 21.0. The summed E-state index contributed by atoms with van der Waals surface area (Å²) in [5, 5.41) is 22.6. The van der Waals surface area contributed by atoms with Crippen LogP contribution >= 0.6 is 0 Å². The third-order valence-electron chi connectivity index (χ3n) is 3.76. The lowest BCUT2D eigenvalue weighted by molar-refractivity contribution is -0.140. The Labute approximate surface area is 136 Å². The summed E-state index contributed by atoms with van der Waals surface area (Å²) in [5.74, 6) is -0.678. The van der Waals surface area contributed by atoms with Gasteiger partial charge in [-0.15, -0.1) is 0 Å². The summed E-state index contributed by atoms with van der Waals surface area (Å²) in [4.78, 5) is 30.0. The van der Waals surface area contributed by atoms with Crippen LogP contribution in [0.15, 0.2) is 28.7 Å². The van der Waals surface area contributed by atoms with Gasteiger partial charge in [0.25, 0.3) is 0 Å². The molecule has 0 spiro atoms. The molecule has 2 unspecified atom stereocenters. The van der Waals surface area contributed by atoms with E-state index in [1.54, 1.807) is 26.0 Å². The molecule has 9 nitrogen and oxygen atoms in total. The number of esters is 1. The largest absolute Gasteiger partial charge is 0.462 e. The van der Waals surface area contributed by atoms with Crippen molar-refractivity contribution in [2.75, 3.05) is 11.5 Å². The van der Waals surface area contributed by atoms with Crippen LogP contribution in [-0.4, -0.2) is 45.3 Å².